The lowest BCUT2D eigenvalue weighted by Crippen LogP contribution is -2.30. The van der Waals surface area contributed by atoms with E-state index in [2.05, 4.69) is 130 Å². The Morgan fingerprint density at radius 3 is 0.861 bits per heavy atom. The second kappa shape index (κ2) is 59.6. The second-order valence-corrected chi connectivity index (χ2v) is 19.5. The lowest BCUT2D eigenvalue weighted by molar-refractivity contribution is -0.167. The van der Waals surface area contributed by atoms with Crippen LogP contribution in [0.4, 0.5) is 0 Å². The maximum absolute atomic E-state index is 12.8. The van der Waals surface area contributed by atoms with Gasteiger partial charge in [0.05, 0.1) is 0 Å². The number of unbranched alkanes of at least 4 members (excludes halogenated alkanes) is 24. The molecule has 0 aliphatic carbocycles. The summed E-state index contributed by atoms with van der Waals surface area (Å²) < 4.78 is 16.7. The predicted octanol–water partition coefficient (Wildman–Crippen LogP) is 20.3. The molecule has 0 heterocycles. The van der Waals surface area contributed by atoms with E-state index in [4.69, 9.17) is 14.2 Å². The zero-order chi connectivity index (χ0) is 52.2. The van der Waals surface area contributed by atoms with E-state index in [1.54, 1.807) is 0 Å². The van der Waals surface area contributed by atoms with Crippen molar-refractivity contribution in [3.8, 4) is 0 Å². The van der Waals surface area contributed by atoms with Crippen molar-refractivity contribution >= 4 is 17.9 Å². The highest BCUT2D eigenvalue weighted by Gasteiger charge is 2.19. The van der Waals surface area contributed by atoms with E-state index in [0.29, 0.717) is 19.3 Å². The van der Waals surface area contributed by atoms with Gasteiger partial charge in [-0.3, -0.25) is 14.4 Å². The fourth-order valence-electron chi connectivity index (χ4n) is 8.04. The molecule has 0 saturated carbocycles. The molecule has 410 valence electrons. The number of rotatable bonds is 53. The Labute approximate surface area is 444 Å². The molecule has 0 fully saturated rings. The van der Waals surface area contributed by atoms with Gasteiger partial charge in [0.1, 0.15) is 13.2 Å². The van der Waals surface area contributed by atoms with Crippen LogP contribution in [0.2, 0.25) is 0 Å². The van der Waals surface area contributed by atoms with E-state index in [0.717, 1.165) is 128 Å². The first-order valence-corrected chi connectivity index (χ1v) is 29.9. The van der Waals surface area contributed by atoms with Gasteiger partial charge in [0.25, 0.3) is 0 Å². The molecule has 72 heavy (non-hydrogen) atoms. The van der Waals surface area contributed by atoms with Gasteiger partial charge < -0.3 is 14.2 Å². The number of hydrogen-bond acceptors (Lipinski definition) is 6. The second-order valence-electron chi connectivity index (χ2n) is 19.5. The molecule has 0 amide bonds. The lowest BCUT2D eigenvalue weighted by atomic mass is 10.1. The van der Waals surface area contributed by atoms with Gasteiger partial charge in [0.2, 0.25) is 0 Å². The normalized spacial score (nSPS) is 12.9. The molecule has 1 unspecified atom stereocenters. The predicted molar refractivity (Wildman–Crippen MR) is 311 cm³/mol. The first kappa shape index (κ1) is 68.1. The van der Waals surface area contributed by atoms with Gasteiger partial charge >= 0.3 is 17.9 Å². The van der Waals surface area contributed by atoms with Gasteiger partial charge in [-0.2, -0.15) is 0 Å². The van der Waals surface area contributed by atoms with Crippen molar-refractivity contribution < 1.29 is 28.6 Å². The van der Waals surface area contributed by atoms with Crippen LogP contribution in [-0.4, -0.2) is 37.2 Å². The molecular formula is C66H110O6. The van der Waals surface area contributed by atoms with Crippen LogP contribution in [0.15, 0.2) is 109 Å². The maximum Gasteiger partial charge on any atom is 0.306 e. The van der Waals surface area contributed by atoms with Crippen molar-refractivity contribution in [3.63, 3.8) is 0 Å². The molecule has 0 aliphatic rings. The van der Waals surface area contributed by atoms with Crippen molar-refractivity contribution in [2.75, 3.05) is 13.2 Å². The van der Waals surface area contributed by atoms with Crippen LogP contribution >= 0.6 is 0 Å². The number of esters is 3. The van der Waals surface area contributed by atoms with Gasteiger partial charge in [0.15, 0.2) is 6.10 Å². The highest BCUT2D eigenvalue weighted by molar-refractivity contribution is 5.71. The van der Waals surface area contributed by atoms with Crippen LogP contribution in [0.25, 0.3) is 0 Å². The molecule has 0 bridgehead atoms. The minimum atomic E-state index is -0.782. The molecule has 0 aromatic carbocycles. The van der Waals surface area contributed by atoms with Crippen LogP contribution in [-0.2, 0) is 28.6 Å². The summed E-state index contributed by atoms with van der Waals surface area (Å²) in [4.78, 5) is 37.9. The Hall–Kier alpha value is -3.93. The molecule has 0 aliphatic heterocycles. The molecule has 0 aromatic rings. The van der Waals surface area contributed by atoms with Gasteiger partial charge in [-0.25, -0.2) is 0 Å². The summed E-state index contributed by atoms with van der Waals surface area (Å²) in [6.07, 6.45) is 81.2. The monoisotopic (exact) mass is 999 g/mol. The Balaban J connectivity index is 4.11. The average Bonchev–Trinajstić information content (AvgIpc) is 3.38. The maximum atomic E-state index is 12.8. The zero-order valence-electron chi connectivity index (χ0n) is 46.9. The third-order valence-electron chi connectivity index (χ3n) is 12.5. The topological polar surface area (TPSA) is 78.9 Å². The van der Waals surface area contributed by atoms with Crippen molar-refractivity contribution in [2.45, 2.75) is 277 Å². The summed E-state index contributed by atoms with van der Waals surface area (Å²) in [5.41, 5.74) is 0. The van der Waals surface area contributed by atoms with Crippen LogP contribution in [0, 0.1) is 0 Å². The van der Waals surface area contributed by atoms with E-state index in [1.807, 2.05) is 0 Å². The van der Waals surface area contributed by atoms with Crippen molar-refractivity contribution in [1.29, 1.82) is 0 Å². The summed E-state index contributed by atoms with van der Waals surface area (Å²) >= 11 is 0. The fourth-order valence-corrected chi connectivity index (χ4v) is 8.04. The number of hydrogen-bond donors (Lipinski definition) is 0. The average molecular weight is 1000 g/mol. The molecular weight excluding hydrogens is 889 g/mol. The lowest BCUT2D eigenvalue weighted by Gasteiger charge is -2.18. The minimum absolute atomic E-state index is 0.0833. The zero-order valence-corrected chi connectivity index (χ0v) is 46.9. The van der Waals surface area contributed by atoms with E-state index < -0.39 is 6.10 Å². The summed E-state index contributed by atoms with van der Waals surface area (Å²) in [6.45, 7) is 6.45. The fraction of sp³-hybridized carbons (Fsp3) is 0.682. The summed E-state index contributed by atoms with van der Waals surface area (Å²) in [5, 5.41) is 0. The Kier molecular flexibility index (Phi) is 56.4. The number of carbonyl (C=O) groups is 3. The quantitative estimate of drug-likeness (QED) is 0.0261. The molecule has 6 nitrogen and oxygen atoms in total. The van der Waals surface area contributed by atoms with Gasteiger partial charge in [-0.15, -0.1) is 0 Å². The summed E-state index contributed by atoms with van der Waals surface area (Å²) in [5.74, 6) is -0.909. The van der Waals surface area contributed by atoms with Crippen molar-refractivity contribution in [1.82, 2.24) is 0 Å². The Bertz CT molecular complexity index is 1470. The highest BCUT2D eigenvalue weighted by Crippen LogP contribution is 2.14. The molecule has 1 atom stereocenters. The number of ether oxygens (including phenoxy) is 3. The van der Waals surface area contributed by atoms with Gasteiger partial charge in [-0.05, 0) is 109 Å². The summed E-state index contributed by atoms with van der Waals surface area (Å²) in [7, 11) is 0. The highest BCUT2D eigenvalue weighted by atomic mass is 16.6. The van der Waals surface area contributed by atoms with Gasteiger partial charge in [-0.1, -0.05) is 252 Å². The van der Waals surface area contributed by atoms with Crippen LogP contribution < -0.4 is 0 Å². The SMILES string of the molecule is CC/C=C\C/C=C\C/C=C\C/C=C\C/C=C\C/C=C\C/C=C\C/C=C\CCCCCCCCCCC(=O)OCC(COC(=O)CCCCCCCC)OC(=O)CCCCCCC/C=C\CCCCCCCC. The molecule has 0 N–H and O–H groups in total. The third kappa shape index (κ3) is 57.0. The van der Waals surface area contributed by atoms with E-state index in [-0.39, 0.29) is 31.1 Å². The Morgan fingerprint density at radius 1 is 0.292 bits per heavy atom. The standard InChI is InChI=1S/C66H110O6/c1-4-7-10-13-16-18-20-22-24-25-26-27-28-29-30-31-32-33-34-35-36-37-38-39-40-41-43-44-46-48-50-53-56-59-65(68)71-62-63(61-70-64(67)58-55-52-15-12-9-6-3)72-66(69)60-57-54-51-49-47-45-42-23-21-19-17-14-11-8-5-2/h7,10,16,18,22-24,26-27,29-30,32-33,35-36,38-39,42,63H,4-6,8-9,11-15,17,19-21,25,28,31,34,37,40-41,43-62H2,1-3H3/b10-7-,18-16-,24-22-,27-26-,30-29-,33-32-,36-35-,39-38-,42-23-. The van der Waals surface area contributed by atoms with Crippen molar-refractivity contribution in [3.05, 3.63) is 109 Å². The Morgan fingerprint density at radius 2 is 0.542 bits per heavy atom. The smallest absolute Gasteiger partial charge is 0.306 e. The molecule has 0 rings (SSSR count). The molecule has 0 spiro atoms. The van der Waals surface area contributed by atoms with Crippen LogP contribution in [0.1, 0.15) is 271 Å². The van der Waals surface area contributed by atoms with E-state index in [1.165, 1.54) is 103 Å². The molecule has 0 radical (unpaired) electrons. The summed E-state index contributed by atoms with van der Waals surface area (Å²) in [6, 6.07) is 0. The van der Waals surface area contributed by atoms with Gasteiger partial charge in [0, 0.05) is 19.3 Å². The molecule has 0 saturated heterocycles. The third-order valence-corrected chi connectivity index (χ3v) is 12.5. The largest absolute Gasteiger partial charge is 0.462 e. The molecule has 6 heteroatoms. The number of allylic oxidation sites excluding steroid dienone is 18. The van der Waals surface area contributed by atoms with Crippen LogP contribution in [0.5, 0.6) is 0 Å². The van der Waals surface area contributed by atoms with Crippen molar-refractivity contribution in [2.24, 2.45) is 0 Å². The molecule has 0 aromatic heterocycles. The van der Waals surface area contributed by atoms with E-state index >= 15 is 0 Å². The first-order valence-electron chi connectivity index (χ1n) is 29.9. The van der Waals surface area contributed by atoms with E-state index in [9.17, 15) is 14.4 Å². The first-order chi connectivity index (χ1) is 35.5. The number of carbonyl (C=O) groups excluding carboxylic acids is 3. The minimum Gasteiger partial charge on any atom is -0.462 e. The van der Waals surface area contributed by atoms with Crippen LogP contribution in [0.3, 0.4) is 0 Å².